The highest BCUT2D eigenvalue weighted by molar-refractivity contribution is 7.92. The number of anilines is 2. The largest absolute Gasteiger partial charge is 0.418 e. The maximum atomic E-state index is 13.0. The number of rotatable bonds is 5. The minimum atomic E-state index is -4.59. The van der Waals surface area contributed by atoms with Gasteiger partial charge >= 0.3 is 6.18 Å². The number of alkyl halides is 3. The molecule has 9 heteroatoms. The number of nitrogens with one attached hydrogen (secondary N) is 1. The SMILES string of the molecule is CCN(c1ccc(C(=O)Nc2ccccc2C(F)(F)F)cc1)S(C)(=O)=O. The molecule has 0 heterocycles. The van der Waals surface area contributed by atoms with Crippen LogP contribution in [0, 0.1) is 0 Å². The van der Waals surface area contributed by atoms with E-state index in [4.69, 9.17) is 0 Å². The van der Waals surface area contributed by atoms with Gasteiger partial charge in [0.2, 0.25) is 10.0 Å². The van der Waals surface area contributed by atoms with Crippen LogP contribution in [0.3, 0.4) is 0 Å². The Balaban J connectivity index is 2.25. The van der Waals surface area contributed by atoms with Crippen molar-refractivity contribution in [2.75, 3.05) is 22.4 Å². The zero-order chi connectivity index (χ0) is 19.5. The number of amides is 1. The van der Waals surface area contributed by atoms with Crippen LogP contribution in [0.2, 0.25) is 0 Å². The van der Waals surface area contributed by atoms with E-state index >= 15 is 0 Å². The molecule has 2 rings (SSSR count). The Morgan fingerprint density at radius 2 is 1.65 bits per heavy atom. The number of hydrogen-bond donors (Lipinski definition) is 1. The summed E-state index contributed by atoms with van der Waals surface area (Å²) in [5.41, 5.74) is -0.822. The molecule has 140 valence electrons. The van der Waals surface area contributed by atoms with Gasteiger partial charge in [-0.15, -0.1) is 0 Å². The van der Waals surface area contributed by atoms with Gasteiger partial charge in [-0.1, -0.05) is 12.1 Å². The molecular formula is C17H17F3N2O3S. The van der Waals surface area contributed by atoms with Crippen molar-refractivity contribution in [2.45, 2.75) is 13.1 Å². The van der Waals surface area contributed by atoms with Crippen LogP contribution in [0.1, 0.15) is 22.8 Å². The summed E-state index contributed by atoms with van der Waals surface area (Å²) in [5, 5.41) is 2.24. The lowest BCUT2D eigenvalue weighted by molar-refractivity contribution is -0.136. The lowest BCUT2D eigenvalue weighted by atomic mass is 10.1. The summed E-state index contributed by atoms with van der Waals surface area (Å²) in [5.74, 6) is -0.726. The Bertz CT molecular complexity index is 894. The van der Waals surface area contributed by atoms with E-state index in [1.54, 1.807) is 6.92 Å². The topological polar surface area (TPSA) is 66.5 Å². The van der Waals surface area contributed by atoms with Gasteiger partial charge in [-0.3, -0.25) is 9.10 Å². The molecule has 2 aromatic carbocycles. The van der Waals surface area contributed by atoms with Crippen molar-refractivity contribution in [1.82, 2.24) is 0 Å². The average Bonchev–Trinajstić information content (AvgIpc) is 2.54. The van der Waals surface area contributed by atoms with E-state index < -0.39 is 27.7 Å². The highest BCUT2D eigenvalue weighted by Gasteiger charge is 2.33. The molecule has 0 saturated heterocycles. The maximum absolute atomic E-state index is 13.0. The molecule has 0 saturated carbocycles. The van der Waals surface area contributed by atoms with Gasteiger partial charge in [-0.25, -0.2) is 8.42 Å². The lowest BCUT2D eigenvalue weighted by Crippen LogP contribution is -2.29. The number of carbonyl (C=O) groups excluding carboxylic acids is 1. The van der Waals surface area contributed by atoms with Gasteiger partial charge in [0.25, 0.3) is 5.91 Å². The van der Waals surface area contributed by atoms with Crippen molar-refractivity contribution in [3.05, 3.63) is 59.7 Å². The standard InChI is InChI=1S/C17H17F3N2O3S/c1-3-22(26(2,24)25)13-10-8-12(9-11-13)16(23)21-15-7-5-4-6-14(15)17(18,19)20/h4-11H,3H2,1-2H3,(H,21,23). The van der Waals surface area contributed by atoms with E-state index in [0.717, 1.165) is 22.7 Å². The number of hydrogen-bond acceptors (Lipinski definition) is 3. The quantitative estimate of drug-likeness (QED) is 0.851. The first-order valence-corrected chi connectivity index (χ1v) is 9.44. The van der Waals surface area contributed by atoms with Crippen LogP contribution in [0.25, 0.3) is 0 Å². The fourth-order valence-electron chi connectivity index (χ4n) is 2.42. The minimum Gasteiger partial charge on any atom is -0.321 e. The Labute approximate surface area is 149 Å². The fraction of sp³-hybridized carbons (Fsp3) is 0.235. The van der Waals surface area contributed by atoms with Crippen LogP contribution in [0.5, 0.6) is 0 Å². The summed E-state index contributed by atoms with van der Waals surface area (Å²) in [6, 6.07) is 10.2. The molecule has 0 unspecified atom stereocenters. The Morgan fingerprint density at radius 1 is 1.08 bits per heavy atom. The molecule has 1 N–H and O–H groups in total. The second kappa shape index (κ2) is 7.36. The summed E-state index contributed by atoms with van der Waals surface area (Å²) in [7, 11) is -3.46. The second-order valence-corrected chi connectivity index (χ2v) is 7.38. The zero-order valence-corrected chi connectivity index (χ0v) is 14.9. The van der Waals surface area contributed by atoms with Crippen LogP contribution < -0.4 is 9.62 Å². The molecule has 0 aliphatic heterocycles. The predicted molar refractivity (Wildman–Crippen MR) is 93.7 cm³/mol. The number of benzene rings is 2. The van der Waals surface area contributed by atoms with Gasteiger partial charge in [0.15, 0.2) is 0 Å². The van der Waals surface area contributed by atoms with Crippen LogP contribution in [-0.2, 0) is 16.2 Å². The monoisotopic (exact) mass is 386 g/mol. The number of halogens is 3. The smallest absolute Gasteiger partial charge is 0.321 e. The molecule has 0 aliphatic rings. The Hall–Kier alpha value is -2.55. The summed E-state index contributed by atoms with van der Waals surface area (Å²) in [6.45, 7) is 1.87. The number of carbonyl (C=O) groups is 1. The fourth-order valence-corrected chi connectivity index (χ4v) is 3.40. The molecule has 0 aromatic heterocycles. The van der Waals surface area contributed by atoms with Crippen molar-refractivity contribution >= 4 is 27.3 Å². The zero-order valence-electron chi connectivity index (χ0n) is 14.0. The third-order valence-corrected chi connectivity index (χ3v) is 4.86. The first-order chi connectivity index (χ1) is 12.0. The molecule has 2 aromatic rings. The summed E-state index contributed by atoms with van der Waals surface area (Å²) < 4.78 is 63.5. The number of sulfonamides is 1. The summed E-state index contributed by atoms with van der Waals surface area (Å²) in [4.78, 5) is 12.2. The normalized spacial score (nSPS) is 11.9. The molecule has 0 spiro atoms. The molecule has 26 heavy (non-hydrogen) atoms. The highest BCUT2D eigenvalue weighted by atomic mass is 32.2. The van der Waals surface area contributed by atoms with E-state index in [-0.39, 0.29) is 17.8 Å². The van der Waals surface area contributed by atoms with Crippen molar-refractivity contribution in [2.24, 2.45) is 0 Å². The van der Waals surface area contributed by atoms with E-state index in [9.17, 15) is 26.4 Å². The molecule has 0 radical (unpaired) electrons. The van der Waals surface area contributed by atoms with Gasteiger partial charge in [-0.05, 0) is 43.3 Å². The van der Waals surface area contributed by atoms with Gasteiger partial charge in [-0.2, -0.15) is 13.2 Å². The van der Waals surface area contributed by atoms with Gasteiger partial charge in [0, 0.05) is 12.1 Å². The molecule has 0 aliphatic carbocycles. The highest BCUT2D eigenvalue weighted by Crippen LogP contribution is 2.34. The third-order valence-electron chi connectivity index (χ3n) is 3.59. The van der Waals surface area contributed by atoms with Crippen molar-refractivity contribution in [3.8, 4) is 0 Å². The minimum absolute atomic E-state index is 0.107. The Kier molecular flexibility index (Phi) is 5.60. The number of nitrogens with zero attached hydrogens (tertiary/aromatic N) is 1. The van der Waals surface area contributed by atoms with Crippen LogP contribution >= 0.6 is 0 Å². The van der Waals surface area contributed by atoms with Gasteiger partial charge < -0.3 is 5.32 Å². The number of para-hydroxylation sites is 1. The van der Waals surface area contributed by atoms with Crippen LogP contribution in [-0.4, -0.2) is 27.1 Å². The van der Waals surface area contributed by atoms with Crippen LogP contribution in [0.4, 0.5) is 24.5 Å². The average molecular weight is 386 g/mol. The molecule has 5 nitrogen and oxygen atoms in total. The van der Waals surface area contributed by atoms with Gasteiger partial charge in [0.1, 0.15) is 0 Å². The summed E-state index contributed by atoms with van der Waals surface area (Å²) in [6.07, 6.45) is -3.53. The van der Waals surface area contributed by atoms with Crippen molar-refractivity contribution < 1.29 is 26.4 Å². The lowest BCUT2D eigenvalue weighted by Gasteiger charge is -2.20. The first kappa shape index (κ1) is 19.8. The van der Waals surface area contributed by atoms with Crippen molar-refractivity contribution in [3.63, 3.8) is 0 Å². The first-order valence-electron chi connectivity index (χ1n) is 7.59. The molecule has 0 atom stereocenters. The van der Waals surface area contributed by atoms with Crippen LogP contribution in [0.15, 0.2) is 48.5 Å². The molecular weight excluding hydrogens is 369 g/mol. The van der Waals surface area contributed by atoms with Gasteiger partial charge in [0.05, 0.1) is 23.2 Å². The van der Waals surface area contributed by atoms with E-state index in [0.29, 0.717) is 5.69 Å². The van der Waals surface area contributed by atoms with E-state index in [1.807, 2.05) is 0 Å². The maximum Gasteiger partial charge on any atom is 0.418 e. The molecule has 0 fully saturated rings. The molecule has 0 bridgehead atoms. The Morgan fingerprint density at radius 3 is 2.15 bits per heavy atom. The molecule has 1 amide bonds. The summed E-state index contributed by atoms with van der Waals surface area (Å²) >= 11 is 0. The third kappa shape index (κ3) is 4.54. The van der Waals surface area contributed by atoms with E-state index in [1.165, 1.54) is 36.4 Å². The van der Waals surface area contributed by atoms with E-state index in [2.05, 4.69) is 5.32 Å². The van der Waals surface area contributed by atoms with Crippen molar-refractivity contribution in [1.29, 1.82) is 0 Å². The predicted octanol–water partition coefficient (Wildman–Crippen LogP) is 3.74. The second-order valence-electron chi connectivity index (χ2n) is 5.47.